The molecule has 0 aliphatic heterocycles. The third-order valence-corrected chi connectivity index (χ3v) is 1.49. The lowest BCUT2D eigenvalue weighted by atomic mass is 10.2. The van der Waals surface area contributed by atoms with Gasteiger partial charge in [0.15, 0.2) is 0 Å². The maximum Gasteiger partial charge on any atom is 0.433 e. The molecule has 0 spiro atoms. The van der Waals surface area contributed by atoms with Crippen LogP contribution in [0.5, 0.6) is 0 Å². The number of nitrogen functional groups attached to an aromatic ring is 1. The van der Waals surface area contributed by atoms with Gasteiger partial charge in [-0.25, -0.2) is 4.98 Å². The van der Waals surface area contributed by atoms with Crippen LogP contribution in [0.1, 0.15) is 11.4 Å². The van der Waals surface area contributed by atoms with Crippen molar-refractivity contribution >= 4 is 5.69 Å². The van der Waals surface area contributed by atoms with Crippen LogP contribution in [0.2, 0.25) is 0 Å². The molecular weight excluding hydrogens is 183 g/mol. The summed E-state index contributed by atoms with van der Waals surface area (Å²) in [6, 6.07) is 1.98. The third kappa shape index (κ3) is 2.09. The minimum absolute atomic E-state index is 0.0647. The molecule has 1 rings (SSSR count). The summed E-state index contributed by atoms with van der Waals surface area (Å²) in [5.74, 6) is 0. The fourth-order valence-corrected chi connectivity index (χ4v) is 0.833. The average molecular weight is 191 g/mol. The van der Waals surface area contributed by atoms with Crippen molar-refractivity contribution in [3.8, 4) is 0 Å². The number of nitrogens with zero attached hydrogens (tertiary/aromatic N) is 1. The molecule has 0 saturated heterocycles. The number of nitrogens with two attached hydrogens (primary N) is 2. The van der Waals surface area contributed by atoms with Gasteiger partial charge in [0.2, 0.25) is 0 Å². The van der Waals surface area contributed by atoms with E-state index in [2.05, 4.69) is 4.98 Å². The highest BCUT2D eigenvalue weighted by Crippen LogP contribution is 2.28. The number of alkyl halides is 3. The molecule has 0 aliphatic carbocycles. The minimum atomic E-state index is -4.45. The summed E-state index contributed by atoms with van der Waals surface area (Å²) < 4.78 is 36.3. The second-order valence-electron chi connectivity index (χ2n) is 2.43. The SMILES string of the molecule is NCc1nc(C(F)(F)F)ccc1N. The Morgan fingerprint density at radius 2 is 1.92 bits per heavy atom. The molecule has 6 heteroatoms. The quantitative estimate of drug-likeness (QED) is 0.699. The molecule has 13 heavy (non-hydrogen) atoms. The lowest BCUT2D eigenvalue weighted by Crippen LogP contribution is -2.12. The van der Waals surface area contributed by atoms with Gasteiger partial charge in [-0.1, -0.05) is 0 Å². The van der Waals surface area contributed by atoms with Crippen LogP contribution in [0.15, 0.2) is 12.1 Å². The van der Waals surface area contributed by atoms with Crippen molar-refractivity contribution < 1.29 is 13.2 Å². The monoisotopic (exact) mass is 191 g/mol. The Bertz CT molecular complexity index is 308. The Hall–Kier alpha value is -1.30. The zero-order valence-electron chi connectivity index (χ0n) is 6.60. The van der Waals surface area contributed by atoms with Gasteiger partial charge >= 0.3 is 6.18 Å². The van der Waals surface area contributed by atoms with Crippen molar-refractivity contribution in [2.45, 2.75) is 12.7 Å². The summed E-state index contributed by atoms with van der Waals surface area (Å²) >= 11 is 0. The highest BCUT2D eigenvalue weighted by atomic mass is 19.4. The third-order valence-electron chi connectivity index (χ3n) is 1.49. The second-order valence-corrected chi connectivity index (χ2v) is 2.43. The van der Waals surface area contributed by atoms with Gasteiger partial charge in [-0.15, -0.1) is 0 Å². The van der Waals surface area contributed by atoms with E-state index in [4.69, 9.17) is 11.5 Å². The van der Waals surface area contributed by atoms with Crippen molar-refractivity contribution in [2.24, 2.45) is 5.73 Å². The molecule has 0 bridgehead atoms. The van der Waals surface area contributed by atoms with Crippen molar-refractivity contribution in [1.82, 2.24) is 4.98 Å². The van der Waals surface area contributed by atoms with Crippen LogP contribution in [-0.2, 0) is 12.7 Å². The topological polar surface area (TPSA) is 64.9 Å². The summed E-state index contributed by atoms with van der Waals surface area (Å²) in [6.45, 7) is -0.101. The largest absolute Gasteiger partial charge is 0.433 e. The number of hydrogen-bond donors (Lipinski definition) is 2. The van der Waals surface area contributed by atoms with Gasteiger partial charge < -0.3 is 11.5 Å². The van der Waals surface area contributed by atoms with E-state index in [1.165, 1.54) is 0 Å². The Morgan fingerprint density at radius 1 is 1.31 bits per heavy atom. The Labute approximate surface area is 72.6 Å². The summed E-state index contributed by atoms with van der Waals surface area (Å²) in [6.07, 6.45) is -4.45. The first-order valence-corrected chi connectivity index (χ1v) is 3.48. The van der Waals surface area contributed by atoms with Gasteiger partial charge in [-0.05, 0) is 12.1 Å². The van der Waals surface area contributed by atoms with Gasteiger partial charge in [-0.3, -0.25) is 0 Å². The summed E-state index contributed by atoms with van der Waals surface area (Å²) in [4.78, 5) is 3.29. The fourth-order valence-electron chi connectivity index (χ4n) is 0.833. The molecule has 0 fully saturated rings. The minimum Gasteiger partial charge on any atom is -0.397 e. The first kappa shape index (κ1) is 9.79. The molecule has 3 nitrogen and oxygen atoms in total. The van der Waals surface area contributed by atoms with Crippen molar-refractivity contribution in [3.05, 3.63) is 23.5 Å². The van der Waals surface area contributed by atoms with E-state index in [-0.39, 0.29) is 17.9 Å². The maximum absolute atomic E-state index is 12.1. The number of pyridine rings is 1. The predicted molar refractivity (Wildman–Crippen MR) is 41.5 cm³/mol. The van der Waals surface area contributed by atoms with Crippen LogP contribution >= 0.6 is 0 Å². The van der Waals surface area contributed by atoms with Crippen LogP contribution in [0, 0.1) is 0 Å². The van der Waals surface area contributed by atoms with Crippen LogP contribution in [0.25, 0.3) is 0 Å². The van der Waals surface area contributed by atoms with Gasteiger partial charge in [0.1, 0.15) is 5.69 Å². The van der Waals surface area contributed by atoms with Crippen LogP contribution in [-0.4, -0.2) is 4.98 Å². The molecule has 72 valence electrons. The Balaban J connectivity index is 3.14. The lowest BCUT2D eigenvalue weighted by molar-refractivity contribution is -0.141. The molecule has 0 atom stereocenters. The van der Waals surface area contributed by atoms with Gasteiger partial charge in [-0.2, -0.15) is 13.2 Å². The first-order chi connectivity index (χ1) is 5.95. The van der Waals surface area contributed by atoms with E-state index in [0.717, 1.165) is 12.1 Å². The zero-order valence-corrected chi connectivity index (χ0v) is 6.60. The summed E-state index contributed by atoms with van der Waals surface area (Å²) in [5, 5.41) is 0. The highest BCUT2D eigenvalue weighted by molar-refractivity contribution is 5.43. The smallest absolute Gasteiger partial charge is 0.397 e. The standard InChI is InChI=1S/C7H8F3N3/c8-7(9,10)6-2-1-4(12)5(3-11)13-6/h1-2H,3,11-12H2. The molecule has 0 unspecified atom stereocenters. The Kier molecular flexibility index (Phi) is 2.42. The number of aromatic nitrogens is 1. The normalized spacial score (nSPS) is 11.7. The van der Waals surface area contributed by atoms with Crippen molar-refractivity contribution in [1.29, 1.82) is 0 Å². The zero-order chi connectivity index (χ0) is 10.1. The number of anilines is 1. The first-order valence-electron chi connectivity index (χ1n) is 3.48. The van der Waals surface area contributed by atoms with Crippen molar-refractivity contribution in [2.75, 3.05) is 5.73 Å². The molecule has 0 saturated carbocycles. The number of hydrogen-bond acceptors (Lipinski definition) is 3. The van der Waals surface area contributed by atoms with E-state index >= 15 is 0 Å². The van der Waals surface area contributed by atoms with Crippen LogP contribution in [0.4, 0.5) is 18.9 Å². The molecular formula is C7H8F3N3. The molecule has 1 aromatic heterocycles. The Morgan fingerprint density at radius 3 is 2.38 bits per heavy atom. The van der Waals surface area contributed by atoms with Crippen molar-refractivity contribution in [3.63, 3.8) is 0 Å². The van der Waals surface area contributed by atoms with Crippen LogP contribution in [0.3, 0.4) is 0 Å². The molecule has 0 amide bonds. The second kappa shape index (κ2) is 3.21. The summed E-state index contributed by atoms with van der Waals surface area (Å²) in [5.41, 5.74) is 9.76. The maximum atomic E-state index is 12.1. The number of halogens is 3. The molecule has 1 aromatic rings. The fraction of sp³-hybridized carbons (Fsp3) is 0.286. The predicted octanol–water partition coefficient (Wildman–Crippen LogP) is 1.14. The lowest BCUT2D eigenvalue weighted by Gasteiger charge is -2.08. The molecule has 0 radical (unpaired) electrons. The molecule has 4 N–H and O–H groups in total. The van der Waals surface area contributed by atoms with E-state index in [1.807, 2.05) is 0 Å². The molecule has 0 aromatic carbocycles. The van der Waals surface area contributed by atoms with Gasteiger partial charge in [0, 0.05) is 6.54 Å². The van der Waals surface area contributed by atoms with Gasteiger partial charge in [0.05, 0.1) is 11.4 Å². The number of rotatable bonds is 1. The van der Waals surface area contributed by atoms with E-state index in [9.17, 15) is 13.2 Å². The molecule has 1 heterocycles. The highest BCUT2D eigenvalue weighted by Gasteiger charge is 2.32. The summed E-state index contributed by atoms with van der Waals surface area (Å²) in [7, 11) is 0. The average Bonchev–Trinajstić information content (AvgIpc) is 2.03. The van der Waals surface area contributed by atoms with E-state index in [0.29, 0.717) is 0 Å². The van der Waals surface area contributed by atoms with Crippen LogP contribution < -0.4 is 11.5 Å². The van der Waals surface area contributed by atoms with E-state index < -0.39 is 11.9 Å². The molecule has 0 aliphatic rings. The van der Waals surface area contributed by atoms with Gasteiger partial charge in [0.25, 0.3) is 0 Å². The van der Waals surface area contributed by atoms with E-state index in [1.54, 1.807) is 0 Å².